The van der Waals surface area contributed by atoms with Crippen LogP contribution in [-0.2, 0) is 38.1 Å². The Morgan fingerprint density at radius 3 is 2.45 bits per heavy atom. The third kappa shape index (κ3) is 6.55. The van der Waals surface area contributed by atoms with Crippen LogP contribution in [0.4, 0.5) is 18.2 Å². The number of benzene rings is 1. The number of alkyl halides is 3. The van der Waals surface area contributed by atoms with Crippen LogP contribution in [0.5, 0.6) is 0 Å². The number of anilines is 1. The molecule has 2 rings (SSSR count). The van der Waals surface area contributed by atoms with Crippen molar-refractivity contribution in [2.45, 2.75) is 39.8 Å². The lowest BCUT2D eigenvalue weighted by molar-refractivity contribution is -0.146. The number of hydrogen-bond acceptors (Lipinski definition) is 6. The quantitative estimate of drug-likeness (QED) is 0.589. The third-order valence-electron chi connectivity index (χ3n) is 4.27. The van der Waals surface area contributed by atoms with Gasteiger partial charge < -0.3 is 14.8 Å². The molecule has 0 saturated heterocycles. The highest BCUT2D eigenvalue weighted by Crippen LogP contribution is 2.34. The van der Waals surface area contributed by atoms with E-state index in [1.54, 1.807) is 13.8 Å². The maximum Gasteiger partial charge on any atom is 0.416 e. The van der Waals surface area contributed by atoms with E-state index in [9.17, 15) is 27.6 Å². The van der Waals surface area contributed by atoms with E-state index in [2.05, 4.69) is 5.32 Å². The van der Waals surface area contributed by atoms with Gasteiger partial charge in [0.2, 0.25) is 0 Å². The van der Waals surface area contributed by atoms with Gasteiger partial charge in [-0.05, 0) is 37.5 Å². The average molecular weight is 457 g/mol. The van der Waals surface area contributed by atoms with E-state index < -0.39 is 42.6 Å². The summed E-state index contributed by atoms with van der Waals surface area (Å²) in [4.78, 5) is 37.3. The second-order valence-corrected chi connectivity index (χ2v) is 7.62. The Labute approximate surface area is 181 Å². The normalized spacial score (nSPS) is 11.2. The van der Waals surface area contributed by atoms with E-state index >= 15 is 0 Å². The summed E-state index contributed by atoms with van der Waals surface area (Å²) in [7, 11) is 0. The highest BCUT2D eigenvalue weighted by atomic mass is 32.1. The monoisotopic (exact) mass is 457 g/mol. The lowest BCUT2D eigenvalue weighted by Crippen LogP contribution is -2.22. The molecule has 0 bridgehead atoms. The fourth-order valence-corrected chi connectivity index (χ4v) is 3.97. The maximum absolute atomic E-state index is 12.8. The van der Waals surface area contributed by atoms with Crippen LogP contribution in [0.15, 0.2) is 24.3 Å². The molecule has 0 saturated carbocycles. The summed E-state index contributed by atoms with van der Waals surface area (Å²) in [5.41, 5.74) is 0.211. The Morgan fingerprint density at radius 1 is 1.13 bits per heavy atom. The summed E-state index contributed by atoms with van der Waals surface area (Å²) in [6, 6.07) is 4.31. The molecule has 0 aliphatic heterocycles. The number of aryl methyl sites for hydroxylation is 1. The number of halogens is 3. The minimum absolute atomic E-state index is 0.117. The fourth-order valence-electron chi connectivity index (χ4n) is 2.82. The standard InChI is InChI=1S/C21H22F3NO5S/c1-4-15-12(3)18(20(28)29-5-2)19(31-15)25-16(26)11-30-17(27)10-13-7-6-8-14(9-13)21(22,23)24/h6-9H,4-5,10-11H2,1-3H3,(H,25,26). The number of amides is 1. The number of rotatable bonds is 8. The Balaban J connectivity index is 1.99. The topological polar surface area (TPSA) is 81.7 Å². The predicted molar refractivity (Wildman–Crippen MR) is 109 cm³/mol. The van der Waals surface area contributed by atoms with Crippen molar-refractivity contribution >= 4 is 34.2 Å². The van der Waals surface area contributed by atoms with Gasteiger partial charge >= 0.3 is 18.1 Å². The number of ether oxygens (including phenoxy) is 2. The van der Waals surface area contributed by atoms with Gasteiger partial charge in [0.1, 0.15) is 5.00 Å². The lowest BCUT2D eigenvalue weighted by atomic mass is 10.1. The molecule has 2 aromatic rings. The zero-order chi connectivity index (χ0) is 23.2. The van der Waals surface area contributed by atoms with Gasteiger partial charge in [-0.2, -0.15) is 13.2 Å². The van der Waals surface area contributed by atoms with Crippen LogP contribution in [0.1, 0.15) is 45.8 Å². The molecule has 1 aromatic carbocycles. The lowest BCUT2D eigenvalue weighted by Gasteiger charge is -2.09. The molecule has 0 unspecified atom stereocenters. The van der Waals surface area contributed by atoms with E-state index in [1.807, 2.05) is 6.92 Å². The number of nitrogens with one attached hydrogen (secondary N) is 1. The molecule has 31 heavy (non-hydrogen) atoms. The molecule has 0 fully saturated rings. The largest absolute Gasteiger partial charge is 0.462 e. The van der Waals surface area contributed by atoms with Crippen molar-refractivity contribution in [2.24, 2.45) is 0 Å². The van der Waals surface area contributed by atoms with Gasteiger partial charge in [-0.15, -0.1) is 11.3 Å². The van der Waals surface area contributed by atoms with Gasteiger partial charge in [-0.25, -0.2) is 4.79 Å². The highest BCUT2D eigenvalue weighted by Gasteiger charge is 2.30. The van der Waals surface area contributed by atoms with E-state index in [0.29, 0.717) is 17.0 Å². The first kappa shape index (κ1) is 24.4. The van der Waals surface area contributed by atoms with E-state index in [4.69, 9.17) is 9.47 Å². The zero-order valence-electron chi connectivity index (χ0n) is 17.2. The minimum atomic E-state index is -4.52. The van der Waals surface area contributed by atoms with Crippen LogP contribution in [-0.4, -0.2) is 31.1 Å². The molecule has 1 N–H and O–H groups in total. The molecule has 10 heteroatoms. The van der Waals surface area contributed by atoms with Gasteiger partial charge in [0.05, 0.1) is 24.2 Å². The number of esters is 2. The van der Waals surface area contributed by atoms with Crippen molar-refractivity contribution in [2.75, 3.05) is 18.5 Å². The number of carbonyl (C=O) groups is 3. The van der Waals surface area contributed by atoms with E-state index in [-0.39, 0.29) is 17.7 Å². The number of carbonyl (C=O) groups excluding carboxylic acids is 3. The highest BCUT2D eigenvalue weighted by molar-refractivity contribution is 7.17. The van der Waals surface area contributed by atoms with E-state index in [0.717, 1.165) is 17.0 Å². The predicted octanol–water partition coefficient (Wildman–Crippen LogP) is 4.54. The van der Waals surface area contributed by atoms with Crippen molar-refractivity contribution in [1.29, 1.82) is 0 Å². The van der Waals surface area contributed by atoms with Crippen molar-refractivity contribution in [3.05, 3.63) is 51.4 Å². The third-order valence-corrected chi connectivity index (χ3v) is 5.62. The summed E-state index contributed by atoms with van der Waals surface area (Å²) in [6.45, 7) is 4.87. The number of thiophene rings is 1. The van der Waals surface area contributed by atoms with Crippen LogP contribution in [0, 0.1) is 6.92 Å². The maximum atomic E-state index is 12.8. The first-order valence-corrected chi connectivity index (χ1v) is 10.3. The Morgan fingerprint density at radius 2 is 1.84 bits per heavy atom. The Hall–Kier alpha value is -2.88. The van der Waals surface area contributed by atoms with Crippen molar-refractivity contribution in [3.63, 3.8) is 0 Å². The SMILES string of the molecule is CCOC(=O)c1c(NC(=O)COC(=O)Cc2cccc(C(F)(F)F)c2)sc(CC)c1C. The molecule has 0 radical (unpaired) electrons. The molecule has 1 aromatic heterocycles. The Kier molecular flexibility index (Phi) is 8.21. The molecule has 0 atom stereocenters. The van der Waals surface area contributed by atoms with Crippen LogP contribution in [0.25, 0.3) is 0 Å². The summed E-state index contributed by atoms with van der Waals surface area (Å²) >= 11 is 1.23. The van der Waals surface area contributed by atoms with Gasteiger partial charge in [0, 0.05) is 4.88 Å². The van der Waals surface area contributed by atoms with Crippen molar-refractivity contribution in [1.82, 2.24) is 0 Å². The summed E-state index contributed by atoms with van der Waals surface area (Å²) in [5.74, 6) is -2.09. The van der Waals surface area contributed by atoms with Crippen molar-refractivity contribution in [3.8, 4) is 0 Å². The molecule has 0 aliphatic carbocycles. The smallest absolute Gasteiger partial charge is 0.416 e. The fraction of sp³-hybridized carbons (Fsp3) is 0.381. The van der Waals surface area contributed by atoms with Crippen LogP contribution in [0.2, 0.25) is 0 Å². The molecule has 1 heterocycles. The first-order chi connectivity index (χ1) is 14.6. The zero-order valence-corrected chi connectivity index (χ0v) is 18.0. The van der Waals surface area contributed by atoms with Crippen molar-refractivity contribution < 1.29 is 37.0 Å². The molecule has 1 amide bonds. The summed E-state index contributed by atoms with van der Waals surface area (Å²) in [6.07, 6.45) is -4.28. The van der Waals surface area contributed by atoms with E-state index in [1.165, 1.54) is 23.5 Å². The molecule has 0 aliphatic rings. The van der Waals surface area contributed by atoms with Crippen LogP contribution < -0.4 is 5.32 Å². The molecule has 168 valence electrons. The Bertz CT molecular complexity index is 968. The first-order valence-electron chi connectivity index (χ1n) is 9.47. The average Bonchev–Trinajstić information content (AvgIpc) is 3.01. The molecular formula is C21H22F3NO5S. The van der Waals surface area contributed by atoms with Gasteiger partial charge in [0.25, 0.3) is 5.91 Å². The van der Waals surface area contributed by atoms with Crippen LogP contribution in [0.3, 0.4) is 0 Å². The molecular weight excluding hydrogens is 435 g/mol. The minimum Gasteiger partial charge on any atom is -0.462 e. The molecule has 6 nitrogen and oxygen atoms in total. The van der Waals surface area contributed by atoms with Crippen LogP contribution >= 0.6 is 11.3 Å². The second-order valence-electron chi connectivity index (χ2n) is 6.51. The number of hydrogen-bond donors (Lipinski definition) is 1. The van der Waals surface area contributed by atoms with Gasteiger partial charge in [-0.1, -0.05) is 25.1 Å². The second kappa shape index (κ2) is 10.4. The summed E-state index contributed by atoms with van der Waals surface area (Å²) < 4.78 is 48.2. The van der Waals surface area contributed by atoms with Gasteiger partial charge in [-0.3, -0.25) is 9.59 Å². The van der Waals surface area contributed by atoms with Gasteiger partial charge in [0.15, 0.2) is 6.61 Å². The summed E-state index contributed by atoms with van der Waals surface area (Å²) in [5, 5.41) is 2.84. The molecule has 0 spiro atoms.